The first kappa shape index (κ1) is 15.9. The molecule has 2 aromatic heterocycles. The Labute approximate surface area is 147 Å². The van der Waals surface area contributed by atoms with Crippen molar-refractivity contribution in [1.82, 2.24) is 14.9 Å². The molecule has 128 valence electrons. The highest BCUT2D eigenvalue weighted by molar-refractivity contribution is 5.93. The molecule has 4 nitrogen and oxygen atoms in total. The van der Waals surface area contributed by atoms with Crippen molar-refractivity contribution in [1.29, 1.82) is 0 Å². The van der Waals surface area contributed by atoms with Gasteiger partial charge < -0.3 is 5.32 Å². The number of aromatic nitrogens is 2. The van der Waals surface area contributed by atoms with Gasteiger partial charge >= 0.3 is 0 Å². The van der Waals surface area contributed by atoms with Crippen LogP contribution in [0.3, 0.4) is 0 Å². The SMILES string of the molecule is O=C(NC1CCCCC1)c1cc(Cc2ccccc2)c2cccn2n1. The molecule has 25 heavy (non-hydrogen) atoms. The Morgan fingerprint density at radius 2 is 1.88 bits per heavy atom. The third-order valence-corrected chi connectivity index (χ3v) is 4.99. The lowest BCUT2D eigenvalue weighted by molar-refractivity contribution is 0.0921. The highest BCUT2D eigenvalue weighted by Gasteiger charge is 2.19. The summed E-state index contributed by atoms with van der Waals surface area (Å²) in [6.45, 7) is 0. The minimum atomic E-state index is -0.0585. The number of nitrogens with zero attached hydrogens (tertiary/aromatic N) is 2. The van der Waals surface area contributed by atoms with Gasteiger partial charge in [0.1, 0.15) is 5.69 Å². The zero-order valence-electron chi connectivity index (χ0n) is 14.3. The van der Waals surface area contributed by atoms with Crippen LogP contribution in [0.25, 0.3) is 5.52 Å². The Kier molecular flexibility index (Phi) is 4.51. The molecule has 1 fully saturated rings. The molecule has 0 aliphatic heterocycles. The quantitative estimate of drug-likeness (QED) is 0.785. The van der Waals surface area contributed by atoms with Gasteiger partial charge in [-0.2, -0.15) is 5.10 Å². The smallest absolute Gasteiger partial charge is 0.271 e. The predicted molar refractivity (Wildman–Crippen MR) is 98.8 cm³/mol. The van der Waals surface area contributed by atoms with Crippen molar-refractivity contribution in [3.63, 3.8) is 0 Å². The molecule has 4 heteroatoms. The van der Waals surface area contributed by atoms with E-state index in [9.17, 15) is 4.79 Å². The van der Waals surface area contributed by atoms with E-state index in [1.54, 1.807) is 0 Å². The third kappa shape index (κ3) is 3.58. The largest absolute Gasteiger partial charge is 0.348 e. The van der Waals surface area contributed by atoms with Gasteiger partial charge in [-0.3, -0.25) is 4.79 Å². The van der Waals surface area contributed by atoms with Crippen LogP contribution in [0.1, 0.15) is 53.7 Å². The maximum absolute atomic E-state index is 12.7. The second kappa shape index (κ2) is 7.09. The Morgan fingerprint density at radius 3 is 2.68 bits per heavy atom. The highest BCUT2D eigenvalue weighted by atomic mass is 16.2. The lowest BCUT2D eigenvalue weighted by atomic mass is 9.95. The third-order valence-electron chi connectivity index (χ3n) is 4.99. The second-order valence-corrected chi connectivity index (χ2v) is 6.86. The molecule has 1 aliphatic rings. The van der Waals surface area contributed by atoms with Crippen LogP contribution in [-0.2, 0) is 6.42 Å². The standard InChI is InChI=1S/C21H23N3O/c25-21(22-18-10-5-2-6-11-18)19-15-17(14-16-8-3-1-4-9-16)20-12-7-13-24(20)23-19/h1,3-4,7-9,12-13,15,18H,2,5-6,10-11,14H2,(H,22,25). The van der Waals surface area contributed by atoms with Crippen LogP contribution in [0, 0.1) is 0 Å². The summed E-state index contributed by atoms with van der Waals surface area (Å²) in [5.41, 5.74) is 3.91. The van der Waals surface area contributed by atoms with Gasteiger partial charge in [0, 0.05) is 12.2 Å². The number of fused-ring (bicyclic) bond motifs is 1. The maximum atomic E-state index is 12.7. The van der Waals surface area contributed by atoms with Gasteiger partial charge in [0.05, 0.1) is 5.52 Å². The van der Waals surface area contributed by atoms with Gasteiger partial charge in [0.25, 0.3) is 5.91 Å². The fourth-order valence-corrected chi connectivity index (χ4v) is 3.67. The van der Waals surface area contributed by atoms with E-state index in [-0.39, 0.29) is 5.91 Å². The van der Waals surface area contributed by atoms with Gasteiger partial charge in [0.2, 0.25) is 0 Å². The Balaban J connectivity index is 1.61. The van der Waals surface area contributed by atoms with E-state index < -0.39 is 0 Å². The summed E-state index contributed by atoms with van der Waals surface area (Å²) in [5, 5.41) is 7.68. The molecule has 1 N–H and O–H groups in total. The number of benzene rings is 1. The summed E-state index contributed by atoms with van der Waals surface area (Å²) >= 11 is 0. The second-order valence-electron chi connectivity index (χ2n) is 6.86. The van der Waals surface area contributed by atoms with E-state index in [0.29, 0.717) is 11.7 Å². The first-order chi connectivity index (χ1) is 12.3. The van der Waals surface area contributed by atoms with Crippen LogP contribution in [0.4, 0.5) is 0 Å². The number of carbonyl (C=O) groups is 1. The average Bonchev–Trinajstić information content (AvgIpc) is 3.12. The molecule has 0 atom stereocenters. The molecular formula is C21H23N3O. The van der Waals surface area contributed by atoms with E-state index in [2.05, 4.69) is 22.5 Å². The Morgan fingerprint density at radius 1 is 1.08 bits per heavy atom. The van der Waals surface area contributed by atoms with Crippen molar-refractivity contribution in [3.8, 4) is 0 Å². The van der Waals surface area contributed by atoms with E-state index in [1.807, 2.05) is 47.1 Å². The van der Waals surface area contributed by atoms with E-state index in [1.165, 1.54) is 24.8 Å². The summed E-state index contributed by atoms with van der Waals surface area (Å²) in [6, 6.07) is 16.6. The highest BCUT2D eigenvalue weighted by Crippen LogP contribution is 2.19. The average molecular weight is 333 g/mol. The molecule has 0 saturated heterocycles. The molecule has 1 saturated carbocycles. The molecule has 4 rings (SSSR count). The summed E-state index contributed by atoms with van der Waals surface area (Å²) < 4.78 is 1.81. The molecule has 2 heterocycles. The minimum Gasteiger partial charge on any atom is -0.348 e. The van der Waals surface area contributed by atoms with Crippen LogP contribution >= 0.6 is 0 Å². The molecule has 0 spiro atoms. The molecule has 1 aliphatic carbocycles. The molecule has 1 aromatic carbocycles. The number of rotatable bonds is 4. The first-order valence-corrected chi connectivity index (χ1v) is 9.12. The minimum absolute atomic E-state index is 0.0585. The van der Waals surface area contributed by atoms with Crippen LogP contribution in [-0.4, -0.2) is 21.6 Å². The molecule has 0 unspecified atom stereocenters. The summed E-state index contributed by atoms with van der Waals surface area (Å²) in [6.07, 6.45) is 8.54. The summed E-state index contributed by atoms with van der Waals surface area (Å²) in [4.78, 5) is 12.7. The zero-order chi connectivity index (χ0) is 17.1. The number of amides is 1. The van der Waals surface area contributed by atoms with Crippen LogP contribution in [0.5, 0.6) is 0 Å². The number of carbonyl (C=O) groups excluding carboxylic acids is 1. The Bertz CT molecular complexity index is 863. The summed E-state index contributed by atoms with van der Waals surface area (Å²) in [7, 11) is 0. The predicted octanol–water partition coefficient (Wildman–Crippen LogP) is 3.99. The lowest BCUT2D eigenvalue weighted by Crippen LogP contribution is -2.36. The molecule has 1 amide bonds. The molecule has 0 radical (unpaired) electrons. The van der Waals surface area contributed by atoms with Crippen molar-refractivity contribution in [2.75, 3.05) is 0 Å². The topological polar surface area (TPSA) is 46.4 Å². The molecular weight excluding hydrogens is 310 g/mol. The van der Waals surface area contributed by atoms with Crippen molar-refractivity contribution in [2.45, 2.75) is 44.6 Å². The van der Waals surface area contributed by atoms with Crippen molar-refractivity contribution in [2.24, 2.45) is 0 Å². The van der Waals surface area contributed by atoms with E-state index >= 15 is 0 Å². The normalized spacial score (nSPS) is 15.4. The molecule has 3 aromatic rings. The van der Waals surface area contributed by atoms with Crippen molar-refractivity contribution < 1.29 is 4.79 Å². The van der Waals surface area contributed by atoms with Crippen molar-refractivity contribution in [3.05, 3.63) is 71.5 Å². The number of hydrogen-bond acceptors (Lipinski definition) is 2. The van der Waals surface area contributed by atoms with Gasteiger partial charge in [0.15, 0.2) is 0 Å². The number of nitrogens with one attached hydrogen (secondary N) is 1. The van der Waals surface area contributed by atoms with Crippen molar-refractivity contribution >= 4 is 11.4 Å². The van der Waals surface area contributed by atoms with Gasteiger partial charge in [-0.05, 0) is 48.6 Å². The first-order valence-electron chi connectivity index (χ1n) is 9.12. The van der Waals surface area contributed by atoms with Gasteiger partial charge in [-0.25, -0.2) is 4.52 Å². The van der Waals surface area contributed by atoms with Crippen LogP contribution in [0.2, 0.25) is 0 Å². The summed E-state index contributed by atoms with van der Waals surface area (Å²) in [5.74, 6) is -0.0585. The molecule has 0 bridgehead atoms. The fourth-order valence-electron chi connectivity index (χ4n) is 3.67. The van der Waals surface area contributed by atoms with E-state index in [4.69, 9.17) is 0 Å². The van der Waals surface area contributed by atoms with E-state index in [0.717, 1.165) is 30.3 Å². The van der Waals surface area contributed by atoms with Gasteiger partial charge in [-0.1, -0.05) is 49.6 Å². The Hall–Kier alpha value is -2.62. The lowest BCUT2D eigenvalue weighted by Gasteiger charge is -2.22. The zero-order valence-corrected chi connectivity index (χ0v) is 14.3. The number of hydrogen-bond donors (Lipinski definition) is 1. The van der Waals surface area contributed by atoms with Gasteiger partial charge in [-0.15, -0.1) is 0 Å². The maximum Gasteiger partial charge on any atom is 0.271 e. The monoisotopic (exact) mass is 333 g/mol. The van der Waals surface area contributed by atoms with Crippen LogP contribution < -0.4 is 5.32 Å². The fraction of sp³-hybridized carbons (Fsp3) is 0.333. The van der Waals surface area contributed by atoms with Crippen LogP contribution in [0.15, 0.2) is 54.7 Å².